The van der Waals surface area contributed by atoms with Crippen LogP contribution in [0.1, 0.15) is 17.0 Å². The highest BCUT2D eigenvalue weighted by Gasteiger charge is 2.53. The van der Waals surface area contributed by atoms with Gasteiger partial charge in [0.25, 0.3) is 0 Å². The zero-order valence-electron chi connectivity index (χ0n) is 6.63. The third-order valence-corrected chi connectivity index (χ3v) is 3.93. The maximum atomic E-state index is 5.92. The molecule has 0 amide bonds. The molecule has 2 heteroatoms. The second kappa shape index (κ2) is 2.12. The smallest absolute Gasteiger partial charge is 0.0210 e. The van der Waals surface area contributed by atoms with Crippen LogP contribution in [-0.4, -0.2) is 6.04 Å². The van der Waals surface area contributed by atoms with Crippen LogP contribution in [0.15, 0.2) is 22.7 Å². The van der Waals surface area contributed by atoms with E-state index < -0.39 is 0 Å². The largest absolute Gasteiger partial charge is 0.327 e. The minimum absolute atomic E-state index is 0.451. The highest BCUT2D eigenvalue weighted by Crippen LogP contribution is 2.56. The fourth-order valence-corrected chi connectivity index (χ4v) is 2.98. The van der Waals surface area contributed by atoms with E-state index in [1.165, 1.54) is 22.0 Å². The highest BCUT2D eigenvalue weighted by molar-refractivity contribution is 9.10. The first-order valence-corrected chi connectivity index (χ1v) is 5.11. The minimum Gasteiger partial charge on any atom is -0.327 e. The molecule has 1 saturated carbocycles. The van der Waals surface area contributed by atoms with Gasteiger partial charge in [0, 0.05) is 16.4 Å². The molecule has 0 aromatic heterocycles. The lowest BCUT2D eigenvalue weighted by molar-refractivity contribution is 0.799. The van der Waals surface area contributed by atoms with E-state index in [1.807, 2.05) is 0 Å². The number of halogens is 1. The molecular weight excluding hydrogens is 214 g/mol. The maximum Gasteiger partial charge on any atom is 0.0210 e. The van der Waals surface area contributed by atoms with Gasteiger partial charge in [-0.05, 0) is 29.5 Å². The van der Waals surface area contributed by atoms with Crippen molar-refractivity contribution in [1.82, 2.24) is 0 Å². The fraction of sp³-hybridized carbons (Fsp3) is 0.400. The average Bonchev–Trinajstić information content (AvgIpc) is 2.57. The second-order valence-corrected chi connectivity index (χ2v) is 4.63. The van der Waals surface area contributed by atoms with Crippen molar-refractivity contribution in [3.63, 3.8) is 0 Å². The van der Waals surface area contributed by atoms with Gasteiger partial charge in [-0.1, -0.05) is 28.1 Å². The molecule has 0 heterocycles. The third kappa shape index (κ3) is 0.723. The van der Waals surface area contributed by atoms with Crippen molar-refractivity contribution in [3.05, 3.63) is 33.8 Å². The van der Waals surface area contributed by atoms with E-state index >= 15 is 0 Å². The Labute approximate surface area is 80.1 Å². The lowest BCUT2D eigenvalue weighted by Gasteiger charge is -2.05. The summed E-state index contributed by atoms with van der Waals surface area (Å²) in [6, 6.07) is 6.90. The predicted octanol–water partition coefficient (Wildman–Crippen LogP) is 2.05. The van der Waals surface area contributed by atoms with Crippen LogP contribution < -0.4 is 5.73 Å². The summed E-state index contributed by atoms with van der Waals surface area (Å²) in [5.74, 6) is 1.43. The summed E-state index contributed by atoms with van der Waals surface area (Å²) in [6.07, 6.45) is 1.18. The van der Waals surface area contributed by atoms with Crippen molar-refractivity contribution in [1.29, 1.82) is 0 Å². The molecule has 3 atom stereocenters. The predicted molar refractivity (Wildman–Crippen MR) is 52.1 cm³/mol. The monoisotopic (exact) mass is 223 g/mol. The Morgan fingerprint density at radius 2 is 2.25 bits per heavy atom. The summed E-state index contributed by atoms with van der Waals surface area (Å²) < 4.78 is 1.26. The van der Waals surface area contributed by atoms with Gasteiger partial charge >= 0.3 is 0 Å². The van der Waals surface area contributed by atoms with Gasteiger partial charge in [-0.25, -0.2) is 0 Å². The van der Waals surface area contributed by atoms with Crippen molar-refractivity contribution in [2.24, 2.45) is 11.7 Å². The zero-order valence-corrected chi connectivity index (χ0v) is 8.21. The van der Waals surface area contributed by atoms with Gasteiger partial charge in [0.15, 0.2) is 0 Å². The molecule has 12 heavy (non-hydrogen) atoms. The summed E-state index contributed by atoms with van der Waals surface area (Å²) in [4.78, 5) is 0. The summed E-state index contributed by atoms with van der Waals surface area (Å²) in [7, 11) is 0. The number of hydrogen-bond donors (Lipinski definition) is 1. The van der Waals surface area contributed by atoms with Crippen LogP contribution in [0.4, 0.5) is 0 Å². The Hall–Kier alpha value is -0.340. The zero-order chi connectivity index (χ0) is 8.29. The van der Waals surface area contributed by atoms with Gasteiger partial charge in [0.1, 0.15) is 0 Å². The fourth-order valence-electron chi connectivity index (χ4n) is 2.44. The van der Waals surface area contributed by atoms with Crippen molar-refractivity contribution >= 4 is 15.9 Å². The van der Waals surface area contributed by atoms with E-state index in [1.54, 1.807) is 0 Å². The van der Waals surface area contributed by atoms with Crippen molar-refractivity contribution < 1.29 is 0 Å². The Bertz CT molecular complexity index is 348. The van der Waals surface area contributed by atoms with Gasteiger partial charge in [0.05, 0.1) is 0 Å². The van der Waals surface area contributed by atoms with Crippen molar-refractivity contribution in [3.8, 4) is 0 Å². The molecule has 1 fully saturated rings. The van der Waals surface area contributed by atoms with E-state index in [2.05, 4.69) is 34.1 Å². The molecule has 1 nitrogen and oxygen atoms in total. The summed E-state index contributed by atoms with van der Waals surface area (Å²) >= 11 is 3.57. The van der Waals surface area contributed by atoms with Crippen molar-refractivity contribution in [2.75, 3.05) is 0 Å². The maximum absolute atomic E-state index is 5.92. The molecule has 2 aliphatic carbocycles. The van der Waals surface area contributed by atoms with Gasteiger partial charge in [-0.2, -0.15) is 0 Å². The van der Waals surface area contributed by atoms with Gasteiger partial charge in [0.2, 0.25) is 0 Å². The van der Waals surface area contributed by atoms with Crippen LogP contribution in [0.25, 0.3) is 0 Å². The number of fused-ring (bicyclic) bond motifs is 3. The van der Waals surface area contributed by atoms with Gasteiger partial charge in [-0.3, -0.25) is 0 Å². The summed E-state index contributed by atoms with van der Waals surface area (Å²) in [6.45, 7) is 0. The second-order valence-electron chi connectivity index (χ2n) is 3.78. The number of rotatable bonds is 0. The summed E-state index contributed by atoms with van der Waals surface area (Å²) in [5.41, 5.74) is 8.90. The normalized spacial score (nSPS) is 36.0. The molecular formula is C10H10BrN. The molecule has 3 unspecified atom stereocenters. The Balaban J connectivity index is 2.16. The standard InChI is InChI=1S/C10H10BrN/c11-8-3-1-2-5-6(8)4-7-9(5)10(7)12/h1-3,7,9-10H,4,12H2. The van der Waals surface area contributed by atoms with E-state index in [9.17, 15) is 0 Å². The number of benzene rings is 1. The summed E-state index contributed by atoms with van der Waals surface area (Å²) in [5, 5.41) is 0. The Morgan fingerprint density at radius 1 is 1.42 bits per heavy atom. The lowest BCUT2D eigenvalue weighted by Crippen LogP contribution is -2.08. The van der Waals surface area contributed by atoms with Crippen LogP contribution in [0.2, 0.25) is 0 Å². The molecule has 1 aromatic rings. The van der Waals surface area contributed by atoms with E-state index in [-0.39, 0.29) is 0 Å². The van der Waals surface area contributed by atoms with Gasteiger partial charge in [-0.15, -0.1) is 0 Å². The number of nitrogens with two attached hydrogens (primary N) is 1. The van der Waals surface area contributed by atoms with Crippen LogP contribution >= 0.6 is 15.9 Å². The van der Waals surface area contributed by atoms with E-state index in [0.717, 1.165) is 5.92 Å². The van der Waals surface area contributed by atoms with Crippen LogP contribution in [0.3, 0.4) is 0 Å². The van der Waals surface area contributed by atoms with Crippen LogP contribution in [0, 0.1) is 5.92 Å². The Kier molecular flexibility index (Phi) is 1.25. The van der Waals surface area contributed by atoms with Crippen LogP contribution in [-0.2, 0) is 6.42 Å². The first kappa shape index (κ1) is 7.10. The topological polar surface area (TPSA) is 26.0 Å². The first-order valence-electron chi connectivity index (χ1n) is 4.32. The molecule has 3 rings (SSSR count). The van der Waals surface area contributed by atoms with E-state index in [0.29, 0.717) is 12.0 Å². The molecule has 0 bridgehead atoms. The first-order chi connectivity index (χ1) is 5.79. The number of hydrogen-bond acceptors (Lipinski definition) is 1. The molecule has 0 spiro atoms. The molecule has 1 aromatic carbocycles. The van der Waals surface area contributed by atoms with Gasteiger partial charge < -0.3 is 5.73 Å². The quantitative estimate of drug-likeness (QED) is 0.717. The lowest BCUT2D eigenvalue weighted by atomic mass is 10.1. The molecule has 2 N–H and O–H groups in total. The van der Waals surface area contributed by atoms with E-state index in [4.69, 9.17) is 5.73 Å². The Morgan fingerprint density at radius 3 is 3.08 bits per heavy atom. The molecule has 62 valence electrons. The molecule has 0 radical (unpaired) electrons. The highest BCUT2D eigenvalue weighted by atomic mass is 79.9. The van der Waals surface area contributed by atoms with Crippen LogP contribution in [0.5, 0.6) is 0 Å². The molecule has 2 aliphatic rings. The molecule has 0 aliphatic heterocycles. The molecule has 0 saturated heterocycles. The minimum atomic E-state index is 0.451. The SMILES string of the molecule is NC1C2Cc3c(Br)cccc3C12. The average molecular weight is 224 g/mol. The third-order valence-electron chi connectivity index (χ3n) is 3.18. The van der Waals surface area contributed by atoms with Crippen molar-refractivity contribution in [2.45, 2.75) is 18.4 Å².